The molecule has 0 bridgehead atoms. The van der Waals surface area contributed by atoms with Crippen LogP contribution < -0.4 is 15.4 Å². The number of nitrogens with zero attached hydrogens (tertiary/aromatic N) is 3. The number of nitroso groups, excluding NO2 is 1. The predicted molar refractivity (Wildman–Crippen MR) is 190 cm³/mol. The second-order valence-electron chi connectivity index (χ2n) is 12.4. The molecule has 12 heteroatoms. The van der Waals surface area contributed by atoms with Crippen LogP contribution >= 0.6 is 0 Å². The molecule has 0 atom stereocenters. The highest BCUT2D eigenvalue weighted by Crippen LogP contribution is 2.28. The normalized spacial score (nSPS) is 13.3. The summed E-state index contributed by atoms with van der Waals surface area (Å²) in [6, 6.07) is 17.7. The fraction of sp³-hybridized carbons (Fsp3) is 0.378. The fourth-order valence-electron chi connectivity index (χ4n) is 5.89. The molecule has 1 fully saturated rings. The van der Waals surface area contributed by atoms with E-state index in [9.17, 15) is 19.3 Å². The van der Waals surface area contributed by atoms with Gasteiger partial charge in [0.2, 0.25) is 5.91 Å². The number of rotatable bonds is 15. The second kappa shape index (κ2) is 16.8. The van der Waals surface area contributed by atoms with Gasteiger partial charge in [0.1, 0.15) is 12.3 Å². The average Bonchev–Trinajstić information content (AvgIpc) is 3.51. The Morgan fingerprint density at radius 3 is 2.45 bits per heavy atom. The van der Waals surface area contributed by atoms with Gasteiger partial charge in [-0.05, 0) is 87.3 Å². The molecule has 4 aromatic rings. The summed E-state index contributed by atoms with van der Waals surface area (Å²) in [5.74, 6) is 0.126. The van der Waals surface area contributed by atoms with Gasteiger partial charge < -0.3 is 34.9 Å². The van der Waals surface area contributed by atoms with Gasteiger partial charge in [-0.25, -0.2) is 0 Å². The molecule has 1 aromatic heterocycles. The lowest BCUT2D eigenvalue weighted by molar-refractivity contribution is -0.132. The van der Waals surface area contributed by atoms with Crippen LogP contribution in [0.4, 0.5) is 11.4 Å². The van der Waals surface area contributed by atoms with Crippen LogP contribution in [0.3, 0.4) is 0 Å². The number of benzene rings is 3. The molecule has 5 rings (SSSR count). The van der Waals surface area contributed by atoms with Gasteiger partial charge in [-0.1, -0.05) is 17.3 Å². The summed E-state index contributed by atoms with van der Waals surface area (Å²) < 4.78 is 11.5. The molecule has 49 heavy (non-hydrogen) atoms. The van der Waals surface area contributed by atoms with E-state index in [1.165, 1.54) is 0 Å². The topological polar surface area (TPSA) is 145 Å². The third-order valence-electron chi connectivity index (χ3n) is 8.65. The van der Waals surface area contributed by atoms with Crippen molar-refractivity contribution in [3.05, 3.63) is 93.5 Å². The Kier molecular flexibility index (Phi) is 12.1. The van der Waals surface area contributed by atoms with Crippen LogP contribution in [-0.2, 0) is 22.7 Å². The minimum absolute atomic E-state index is 0.0196. The van der Waals surface area contributed by atoms with Gasteiger partial charge in [0.05, 0.1) is 18.9 Å². The molecule has 3 aromatic carbocycles. The van der Waals surface area contributed by atoms with Gasteiger partial charge in [0, 0.05) is 78.7 Å². The van der Waals surface area contributed by atoms with Crippen molar-refractivity contribution in [1.82, 2.24) is 14.8 Å². The van der Waals surface area contributed by atoms with Crippen LogP contribution in [0.1, 0.15) is 63.2 Å². The van der Waals surface area contributed by atoms with Gasteiger partial charge in [-0.2, -0.15) is 4.91 Å². The van der Waals surface area contributed by atoms with Crippen molar-refractivity contribution in [2.45, 2.75) is 45.8 Å². The highest BCUT2D eigenvalue weighted by Gasteiger charge is 2.19. The second-order valence-corrected chi connectivity index (χ2v) is 12.4. The largest absolute Gasteiger partial charge is 0.491 e. The molecule has 258 valence electrons. The molecule has 3 amide bonds. The van der Waals surface area contributed by atoms with Crippen LogP contribution in [0.15, 0.2) is 65.8 Å². The number of anilines is 2. The van der Waals surface area contributed by atoms with Crippen LogP contribution in [0, 0.1) is 11.8 Å². The Hall–Kier alpha value is -5.07. The maximum absolute atomic E-state index is 13.4. The summed E-state index contributed by atoms with van der Waals surface area (Å²) >= 11 is 0. The van der Waals surface area contributed by atoms with E-state index in [0.29, 0.717) is 57.9 Å². The molecule has 3 N–H and O–H groups in total. The third-order valence-corrected chi connectivity index (χ3v) is 8.65. The van der Waals surface area contributed by atoms with Gasteiger partial charge in [-0.15, -0.1) is 0 Å². The molecular weight excluding hydrogens is 624 g/mol. The molecule has 0 aliphatic carbocycles. The first-order valence-electron chi connectivity index (χ1n) is 16.6. The smallest absolute Gasteiger partial charge is 0.256 e. The third kappa shape index (κ3) is 9.30. The first-order valence-corrected chi connectivity index (χ1v) is 16.6. The van der Waals surface area contributed by atoms with Crippen LogP contribution in [0.25, 0.3) is 10.9 Å². The Morgan fingerprint density at radius 1 is 0.898 bits per heavy atom. The zero-order valence-electron chi connectivity index (χ0n) is 28.3. The van der Waals surface area contributed by atoms with Crippen molar-refractivity contribution < 1.29 is 23.9 Å². The number of fused-ring (bicyclic) bond motifs is 1. The number of methoxy groups -OCH3 is 1. The lowest BCUT2D eigenvalue weighted by atomic mass is 10.1. The summed E-state index contributed by atoms with van der Waals surface area (Å²) in [7, 11) is 3.62. The zero-order valence-corrected chi connectivity index (χ0v) is 28.3. The summed E-state index contributed by atoms with van der Waals surface area (Å²) in [6.45, 7) is 6.01. The van der Waals surface area contributed by atoms with E-state index in [2.05, 4.69) is 32.7 Å². The number of aromatic amines is 1. The first-order chi connectivity index (χ1) is 23.7. The molecule has 0 spiro atoms. The van der Waals surface area contributed by atoms with Crippen molar-refractivity contribution >= 4 is 40.0 Å². The molecule has 1 aliphatic rings. The van der Waals surface area contributed by atoms with Crippen molar-refractivity contribution in [3.8, 4) is 5.75 Å². The quantitative estimate of drug-likeness (QED) is 0.102. The number of piperazine rings is 1. The van der Waals surface area contributed by atoms with Gasteiger partial charge in [-0.3, -0.25) is 14.4 Å². The molecule has 1 aliphatic heterocycles. The van der Waals surface area contributed by atoms with Crippen LogP contribution in [0.2, 0.25) is 0 Å². The number of likely N-dealkylation sites (N-methyl/N-ethyl adjacent to an activating group) is 1. The number of H-pyrrole nitrogens is 1. The van der Waals surface area contributed by atoms with E-state index in [-0.39, 0.29) is 30.9 Å². The Balaban J connectivity index is 1.18. The van der Waals surface area contributed by atoms with Gasteiger partial charge in [0.25, 0.3) is 11.8 Å². The van der Waals surface area contributed by atoms with Crippen molar-refractivity contribution in [3.63, 3.8) is 0 Å². The van der Waals surface area contributed by atoms with E-state index in [0.717, 1.165) is 56.5 Å². The lowest BCUT2D eigenvalue weighted by Gasteiger charge is -2.32. The molecule has 2 heterocycles. The minimum Gasteiger partial charge on any atom is -0.491 e. The highest BCUT2D eigenvalue weighted by atomic mass is 16.5. The van der Waals surface area contributed by atoms with Gasteiger partial charge in [0.15, 0.2) is 0 Å². The molecule has 0 radical (unpaired) electrons. The van der Waals surface area contributed by atoms with Gasteiger partial charge >= 0.3 is 0 Å². The Bertz CT molecular complexity index is 1800. The summed E-state index contributed by atoms with van der Waals surface area (Å²) in [5, 5.41) is 9.52. The average molecular weight is 669 g/mol. The maximum atomic E-state index is 13.4. The number of hydrogen-bond donors (Lipinski definition) is 3. The summed E-state index contributed by atoms with van der Waals surface area (Å²) in [4.78, 5) is 57.3. The maximum Gasteiger partial charge on any atom is 0.256 e. The number of unbranched alkanes of at least 4 members (excludes halogenated alkanes) is 2. The van der Waals surface area contributed by atoms with Crippen molar-refractivity contribution in [2.24, 2.45) is 5.18 Å². The summed E-state index contributed by atoms with van der Waals surface area (Å²) in [5.41, 5.74) is 4.85. The Labute approximate surface area is 286 Å². The van der Waals surface area contributed by atoms with Crippen LogP contribution in [-0.4, -0.2) is 79.4 Å². The highest BCUT2D eigenvalue weighted by molar-refractivity contribution is 6.13. The zero-order chi connectivity index (χ0) is 34.8. The van der Waals surface area contributed by atoms with Crippen LogP contribution in [0.5, 0.6) is 5.75 Å². The van der Waals surface area contributed by atoms with Crippen molar-refractivity contribution in [1.29, 1.82) is 0 Å². The molecule has 12 nitrogen and oxygen atoms in total. The number of ether oxygens (including phenoxy) is 2. The number of amides is 3. The molecular formula is C37H44N6O6. The molecule has 1 saturated heterocycles. The summed E-state index contributed by atoms with van der Waals surface area (Å²) in [6.07, 6.45) is 3.03. The minimum atomic E-state index is -0.340. The number of aromatic nitrogens is 1. The SMILES string of the molecule is COCc1cc(C(=O)Nc2ccc(C)cc2OCCCCCC(=O)N2CCN(C)CC2)ccc1NC(=O)c1cccc2[nH]c(CN=O)cc12. The Morgan fingerprint density at radius 2 is 1.67 bits per heavy atom. The predicted octanol–water partition coefficient (Wildman–Crippen LogP) is 6.11. The van der Waals surface area contributed by atoms with E-state index in [1.807, 2.05) is 36.1 Å². The monoisotopic (exact) mass is 668 g/mol. The lowest BCUT2D eigenvalue weighted by Crippen LogP contribution is -2.47. The van der Waals surface area contributed by atoms with E-state index in [4.69, 9.17) is 9.47 Å². The van der Waals surface area contributed by atoms with Crippen molar-refractivity contribution in [2.75, 3.05) is 57.6 Å². The number of carbonyl (C=O) groups excluding carboxylic acids is 3. The van der Waals surface area contributed by atoms with E-state index < -0.39 is 0 Å². The number of aryl methyl sites for hydroxylation is 1. The molecule has 0 unspecified atom stereocenters. The fourth-order valence-corrected chi connectivity index (χ4v) is 5.89. The first kappa shape index (κ1) is 35.2. The number of carbonyl (C=O) groups is 3. The molecule has 0 saturated carbocycles. The van der Waals surface area contributed by atoms with E-state index >= 15 is 0 Å². The number of nitrogens with one attached hydrogen (secondary N) is 3. The standard InChI is InChI=1S/C37H44N6O6/c1-25-11-13-33(34(20-25)49-19-6-4-5-10-35(44)43-17-15-42(2)16-18-43)41-36(45)26-12-14-31(27(21-26)24-48-3)40-37(46)29-8-7-9-32-30(29)22-28(39-32)23-38-47/h7-9,11-14,20-22,39H,4-6,10,15-19,23-24H2,1-3H3,(H,40,46)(H,41,45). The number of hydrogen-bond acceptors (Lipinski definition) is 8. The van der Waals surface area contributed by atoms with E-state index in [1.54, 1.807) is 43.5 Å².